The molecule has 0 aliphatic heterocycles. The molecule has 0 bridgehead atoms. The number of ether oxygens (including phenoxy) is 1. The zero-order chi connectivity index (χ0) is 13.0. The van der Waals surface area contributed by atoms with Gasteiger partial charge in [-0.15, -0.1) is 0 Å². The molecule has 0 fully saturated rings. The van der Waals surface area contributed by atoms with Crippen molar-refractivity contribution in [2.75, 3.05) is 0 Å². The van der Waals surface area contributed by atoms with Crippen LogP contribution in [-0.4, -0.2) is 0 Å². The standard InChI is InChI=1S/C14H9ClFNO/c15-13-7-12(16)5-6-14(13)18-9-11-4-2-1-3-10(11)8-17/h1-7H,9H2. The molecule has 18 heavy (non-hydrogen) atoms. The summed E-state index contributed by atoms with van der Waals surface area (Å²) in [4.78, 5) is 0. The van der Waals surface area contributed by atoms with E-state index in [1.807, 2.05) is 6.07 Å². The first-order valence-electron chi connectivity index (χ1n) is 5.26. The normalized spacial score (nSPS) is 9.83. The second-order valence-electron chi connectivity index (χ2n) is 3.63. The Morgan fingerprint density at radius 1 is 1.22 bits per heavy atom. The van der Waals surface area contributed by atoms with E-state index >= 15 is 0 Å². The first-order chi connectivity index (χ1) is 8.70. The van der Waals surface area contributed by atoms with Crippen LogP contribution in [0.5, 0.6) is 5.75 Å². The van der Waals surface area contributed by atoms with Crippen molar-refractivity contribution in [3.63, 3.8) is 0 Å². The molecule has 0 atom stereocenters. The van der Waals surface area contributed by atoms with E-state index in [0.29, 0.717) is 11.3 Å². The number of nitrogens with zero attached hydrogens (tertiary/aromatic N) is 1. The SMILES string of the molecule is N#Cc1ccccc1COc1ccc(F)cc1Cl. The van der Waals surface area contributed by atoms with Gasteiger partial charge in [0.25, 0.3) is 0 Å². The summed E-state index contributed by atoms with van der Waals surface area (Å²) in [5.41, 5.74) is 1.32. The summed E-state index contributed by atoms with van der Waals surface area (Å²) in [5.74, 6) is -0.0180. The molecule has 0 aliphatic rings. The van der Waals surface area contributed by atoms with Crippen LogP contribution in [0.3, 0.4) is 0 Å². The van der Waals surface area contributed by atoms with E-state index in [4.69, 9.17) is 21.6 Å². The van der Waals surface area contributed by atoms with Crippen LogP contribution < -0.4 is 4.74 Å². The van der Waals surface area contributed by atoms with Crippen LogP contribution in [0.1, 0.15) is 11.1 Å². The second kappa shape index (κ2) is 5.52. The lowest BCUT2D eigenvalue weighted by molar-refractivity contribution is 0.305. The average Bonchev–Trinajstić information content (AvgIpc) is 2.38. The van der Waals surface area contributed by atoms with E-state index in [9.17, 15) is 4.39 Å². The van der Waals surface area contributed by atoms with Crippen LogP contribution in [0.2, 0.25) is 5.02 Å². The van der Waals surface area contributed by atoms with Crippen LogP contribution in [-0.2, 0) is 6.61 Å². The first-order valence-corrected chi connectivity index (χ1v) is 5.64. The van der Waals surface area contributed by atoms with E-state index in [2.05, 4.69) is 6.07 Å². The number of benzene rings is 2. The highest BCUT2D eigenvalue weighted by Gasteiger charge is 2.05. The van der Waals surface area contributed by atoms with Crippen LogP contribution >= 0.6 is 11.6 Å². The third-order valence-electron chi connectivity index (χ3n) is 2.41. The summed E-state index contributed by atoms with van der Waals surface area (Å²) >= 11 is 5.84. The quantitative estimate of drug-likeness (QED) is 0.839. The Bertz CT molecular complexity index is 607. The zero-order valence-electron chi connectivity index (χ0n) is 9.36. The van der Waals surface area contributed by atoms with Gasteiger partial charge in [-0.05, 0) is 24.3 Å². The van der Waals surface area contributed by atoms with Crippen molar-refractivity contribution in [2.45, 2.75) is 6.61 Å². The number of halogens is 2. The monoisotopic (exact) mass is 261 g/mol. The van der Waals surface area contributed by atoms with E-state index in [1.54, 1.807) is 18.2 Å². The summed E-state index contributed by atoms with van der Waals surface area (Å²) in [5, 5.41) is 9.14. The van der Waals surface area contributed by atoms with E-state index in [0.717, 1.165) is 5.56 Å². The Morgan fingerprint density at radius 3 is 2.72 bits per heavy atom. The highest BCUT2D eigenvalue weighted by Crippen LogP contribution is 2.26. The number of hydrogen-bond donors (Lipinski definition) is 0. The van der Waals surface area contributed by atoms with E-state index in [-0.39, 0.29) is 11.6 Å². The fourth-order valence-corrected chi connectivity index (χ4v) is 1.72. The summed E-state index contributed by atoms with van der Waals surface area (Å²) in [6, 6.07) is 13.1. The molecule has 0 amide bonds. The third kappa shape index (κ3) is 2.79. The minimum atomic E-state index is -0.412. The van der Waals surface area contributed by atoms with Gasteiger partial charge >= 0.3 is 0 Å². The predicted molar refractivity (Wildman–Crippen MR) is 66.9 cm³/mol. The summed E-state index contributed by atoms with van der Waals surface area (Å²) < 4.78 is 18.3. The molecule has 0 saturated carbocycles. The largest absolute Gasteiger partial charge is 0.487 e. The van der Waals surface area contributed by atoms with Gasteiger partial charge in [-0.3, -0.25) is 0 Å². The summed E-state index contributed by atoms with van der Waals surface area (Å²) in [7, 11) is 0. The fourth-order valence-electron chi connectivity index (χ4n) is 1.50. The molecule has 0 saturated heterocycles. The Labute approximate surface area is 109 Å². The molecule has 90 valence electrons. The van der Waals surface area contributed by atoms with E-state index < -0.39 is 5.82 Å². The van der Waals surface area contributed by atoms with Crippen LogP contribution in [0.25, 0.3) is 0 Å². The molecule has 2 aromatic carbocycles. The molecule has 2 rings (SSSR count). The highest BCUT2D eigenvalue weighted by molar-refractivity contribution is 6.32. The molecule has 0 unspecified atom stereocenters. The number of nitriles is 1. The van der Waals surface area contributed by atoms with Crippen molar-refractivity contribution in [3.8, 4) is 11.8 Å². The minimum absolute atomic E-state index is 0.212. The highest BCUT2D eigenvalue weighted by atomic mass is 35.5. The molecular formula is C14H9ClFNO. The first kappa shape index (κ1) is 12.4. The Morgan fingerprint density at radius 2 is 2.00 bits per heavy atom. The Balaban J connectivity index is 2.14. The van der Waals surface area contributed by atoms with Gasteiger partial charge in [0.05, 0.1) is 16.7 Å². The third-order valence-corrected chi connectivity index (χ3v) is 2.71. The maximum Gasteiger partial charge on any atom is 0.138 e. The lowest BCUT2D eigenvalue weighted by atomic mass is 10.1. The maximum absolute atomic E-state index is 12.8. The van der Waals surface area contributed by atoms with E-state index in [1.165, 1.54) is 18.2 Å². The molecule has 0 radical (unpaired) electrons. The smallest absolute Gasteiger partial charge is 0.138 e. The topological polar surface area (TPSA) is 33.0 Å². The zero-order valence-corrected chi connectivity index (χ0v) is 10.1. The van der Waals surface area contributed by atoms with Gasteiger partial charge in [-0.1, -0.05) is 29.8 Å². The van der Waals surface area contributed by atoms with Crippen molar-refractivity contribution >= 4 is 11.6 Å². The average molecular weight is 262 g/mol. The molecule has 0 spiro atoms. The molecule has 0 aromatic heterocycles. The fraction of sp³-hybridized carbons (Fsp3) is 0.0714. The van der Waals surface area contributed by atoms with Gasteiger partial charge in [0.2, 0.25) is 0 Å². The predicted octanol–water partition coefficient (Wildman–Crippen LogP) is 3.93. The van der Waals surface area contributed by atoms with Gasteiger partial charge in [0, 0.05) is 5.56 Å². The second-order valence-corrected chi connectivity index (χ2v) is 4.04. The van der Waals surface area contributed by atoms with Gasteiger partial charge in [0.15, 0.2) is 0 Å². The van der Waals surface area contributed by atoms with Gasteiger partial charge in [0.1, 0.15) is 18.2 Å². The molecular weight excluding hydrogens is 253 g/mol. The summed E-state index contributed by atoms with van der Waals surface area (Å²) in [6.07, 6.45) is 0. The number of rotatable bonds is 3. The molecule has 0 aliphatic carbocycles. The lowest BCUT2D eigenvalue weighted by Gasteiger charge is -2.09. The van der Waals surface area contributed by atoms with Crippen molar-refractivity contribution in [1.29, 1.82) is 5.26 Å². The molecule has 4 heteroatoms. The van der Waals surface area contributed by atoms with Gasteiger partial charge < -0.3 is 4.74 Å². The van der Waals surface area contributed by atoms with Crippen molar-refractivity contribution in [1.82, 2.24) is 0 Å². The summed E-state index contributed by atoms with van der Waals surface area (Å²) in [6.45, 7) is 0.217. The lowest BCUT2D eigenvalue weighted by Crippen LogP contribution is -1.98. The van der Waals surface area contributed by atoms with Crippen LogP contribution in [0.15, 0.2) is 42.5 Å². The van der Waals surface area contributed by atoms with Crippen molar-refractivity contribution in [3.05, 3.63) is 64.4 Å². The Hall–Kier alpha value is -2.05. The molecule has 2 nitrogen and oxygen atoms in total. The number of hydrogen-bond acceptors (Lipinski definition) is 2. The van der Waals surface area contributed by atoms with Crippen LogP contribution in [0, 0.1) is 17.1 Å². The molecule has 0 N–H and O–H groups in total. The Kier molecular flexibility index (Phi) is 3.81. The van der Waals surface area contributed by atoms with Crippen LogP contribution in [0.4, 0.5) is 4.39 Å². The molecule has 2 aromatic rings. The minimum Gasteiger partial charge on any atom is -0.487 e. The maximum atomic E-state index is 12.8. The van der Waals surface area contributed by atoms with Crippen molar-refractivity contribution < 1.29 is 9.13 Å². The molecule has 0 heterocycles. The van der Waals surface area contributed by atoms with Gasteiger partial charge in [-0.25, -0.2) is 4.39 Å². The van der Waals surface area contributed by atoms with Crippen molar-refractivity contribution in [2.24, 2.45) is 0 Å². The van der Waals surface area contributed by atoms with Gasteiger partial charge in [-0.2, -0.15) is 5.26 Å².